The van der Waals surface area contributed by atoms with Gasteiger partial charge in [-0.25, -0.2) is 0 Å². The first-order valence-corrected chi connectivity index (χ1v) is 9.95. The fourth-order valence-electron chi connectivity index (χ4n) is 2.92. The molecule has 0 spiro atoms. The van der Waals surface area contributed by atoms with Gasteiger partial charge >= 0.3 is 0 Å². The molecule has 0 fully saturated rings. The molecule has 0 radical (unpaired) electrons. The average molecular weight is 384 g/mol. The highest BCUT2D eigenvalue weighted by atomic mass is 16.5. The minimum Gasteiger partial charge on any atom is -0.492 e. The number of benzene rings is 2. The Hall–Kier alpha value is -2.49. The minimum absolute atomic E-state index is 0.117. The van der Waals surface area contributed by atoms with Gasteiger partial charge in [0.15, 0.2) is 6.10 Å². The Morgan fingerprint density at radius 2 is 1.75 bits per heavy atom. The molecule has 1 amide bonds. The second kappa shape index (κ2) is 9.63. The predicted molar refractivity (Wildman–Crippen MR) is 114 cm³/mol. The quantitative estimate of drug-likeness (QED) is 0.656. The van der Waals surface area contributed by atoms with Crippen LogP contribution in [0.1, 0.15) is 50.8 Å². The summed E-state index contributed by atoms with van der Waals surface area (Å²) in [7, 11) is 0. The molecule has 1 atom stereocenters. The number of hydrogen-bond donors (Lipinski definition) is 1. The maximum absolute atomic E-state index is 12.4. The summed E-state index contributed by atoms with van der Waals surface area (Å²) in [6, 6.07) is 14.1. The van der Waals surface area contributed by atoms with Crippen LogP contribution in [0.5, 0.6) is 11.5 Å². The molecule has 0 heterocycles. The summed E-state index contributed by atoms with van der Waals surface area (Å²) in [4.78, 5) is 12.4. The third-order valence-corrected chi connectivity index (χ3v) is 4.65. The molecule has 28 heavy (non-hydrogen) atoms. The SMILES string of the molecule is CC[C@@H](Oc1ccc(C)cc1C)C(=O)NCCOc1ccc(C(C)(C)C)cc1. The van der Waals surface area contributed by atoms with Gasteiger partial charge in [-0.3, -0.25) is 4.79 Å². The smallest absolute Gasteiger partial charge is 0.261 e. The number of hydrogen-bond acceptors (Lipinski definition) is 3. The molecule has 2 aromatic carbocycles. The zero-order valence-corrected chi connectivity index (χ0v) is 18.0. The summed E-state index contributed by atoms with van der Waals surface area (Å²) in [6.45, 7) is 13.4. The fraction of sp³-hybridized carbons (Fsp3) is 0.458. The Labute approximate surface area is 169 Å². The van der Waals surface area contributed by atoms with Gasteiger partial charge in [0.05, 0.1) is 6.54 Å². The van der Waals surface area contributed by atoms with Crippen LogP contribution in [0.2, 0.25) is 0 Å². The van der Waals surface area contributed by atoms with Gasteiger partial charge in [-0.1, -0.05) is 57.5 Å². The lowest BCUT2D eigenvalue weighted by Gasteiger charge is -2.20. The predicted octanol–water partition coefficient (Wildman–Crippen LogP) is 4.95. The van der Waals surface area contributed by atoms with Crippen LogP contribution >= 0.6 is 0 Å². The van der Waals surface area contributed by atoms with Crippen LogP contribution in [0.25, 0.3) is 0 Å². The van der Waals surface area contributed by atoms with E-state index in [0.29, 0.717) is 19.6 Å². The molecule has 2 aromatic rings. The second-order valence-corrected chi connectivity index (χ2v) is 8.20. The van der Waals surface area contributed by atoms with Gasteiger partial charge in [0.1, 0.15) is 18.1 Å². The van der Waals surface area contributed by atoms with Gasteiger partial charge in [0.25, 0.3) is 5.91 Å². The van der Waals surface area contributed by atoms with E-state index in [1.165, 1.54) is 11.1 Å². The molecular formula is C24H33NO3. The van der Waals surface area contributed by atoms with Gasteiger partial charge in [-0.15, -0.1) is 0 Å². The van der Waals surface area contributed by atoms with Crippen molar-refractivity contribution in [2.45, 2.75) is 59.5 Å². The zero-order chi connectivity index (χ0) is 20.7. The Balaban J connectivity index is 1.80. The van der Waals surface area contributed by atoms with Crippen LogP contribution in [0.4, 0.5) is 0 Å². The molecule has 0 aliphatic carbocycles. The van der Waals surface area contributed by atoms with E-state index < -0.39 is 6.10 Å². The molecule has 152 valence electrons. The molecule has 0 saturated carbocycles. The Morgan fingerprint density at radius 1 is 1.07 bits per heavy atom. The van der Waals surface area contributed by atoms with E-state index in [1.807, 2.05) is 45.0 Å². The van der Waals surface area contributed by atoms with Crippen molar-refractivity contribution in [1.82, 2.24) is 5.32 Å². The molecule has 4 heteroatoms. The number of ether oxygens (including phenoxy) is 2. The molecule has 0 unspecified atom stereocenters. The maximum Gasteiger partial charge on any atom is 0.261 e. The van der Waals surface area contributed by atoms with E-state index in [9.17, 15) is 4.79 Å². The Morgan fingerprint density at radius 3 is 2.32 bits per heavy atom. The fourth-order valence-corrected chi connectivity index (χ4v) is 2.92. The van der Waals surface area contributed by atoms with E-state index in [4.69, 9.17) is 9.47 Å². The third-order valence-electron chi connectivity index (χ3n) is 4.65. The monoisotopic (exact) mass is 383 g/mol. The van der Waals surface area contributed by atoms with Crippen molar-refractivity contribution in [3.63, 3.8) is 0 Å². The number of carbonyl (C=O) groups is 1. The largest absolute Gasteiger partial charge is 0.492 e. The van der Waals surface area contributed by atoms with Crippen molar-refractivity contribution in [1.29, 1.82) is 0 Å². The van der Waals surface area contributed by atoms with Gasteiger partial charge in [-0.05, 0) is 55.0 Å². The molecule has 0 aromatic heterocycles. The highest BCUT2D eigenvalue weighted by molar-refractivity contribution is 5.81. The van der Waals surface area contributed by atoms with Gasteiger partial charge in [0, 0.05) is 0 Å². The van der Waals surface area contributed by atoms with Crippen LogP contribution in [0, 0.1) is 13.8 Å². The molecular weight excluding hydrogens is 350 g/mol. The van der Waals surface area contributed by atoms with E-state index in [0.717, 1.165) is 17.1 Å². The number of rotatable bonds is 8. The number of amides is 1. The normalized spacial score (nSPS) is 12.4. The number of nitrogens with one attached hydrogen (secondary N) is 1. The third kappa shape index (κ3) is 6.29. The molecule has 1 N–H and O–H groups in total. The van der Waals surface area contributed by atoms with Crippen molar-refractivity contribution >= 4 is 5.91 Å². The highest BCUT2D eigenvalue weighted by Gasteiger charge is 2.19. The molecule has 0 bridgehead atoms. The lowest BCUT2D eigenvalue weighted by Crippen LogP contribution is -2.39. The molecule has 0 aliphatic rings. The van der Waals surface area contributed by atoms with Crippen molar-refractivity contribution in [2.24, 2.45) is 0 Å². The molecule has 2 rings (SSSR count). The summed E-state index contributed by atoms with van der Waals surface area (Å²) >= 11 is 0. The molecule has 4 nitrogen and oxygen atoms in total. The summed E-state index contributed by atoms with van der Waals surface area (Å²) in [5, 5.41) is 2.90. The number of aryl methyl sites for hydroxylation is 2. The summed E-state index contributed by atoms with van der Waals surface area (Å²) < 4.78 is 11.7. The summed E-state index contributed by atoms with van der Waals surface area (Å²) in [6.07, 6.45) is 0.0985. The van der Waals surface area contributed by atoms with Crippen molar-refractivity contribution in [3.05, 3.63) is 59.2 Å². The van der Waals surface area contributed by atoms with E-state index >= 15 is 0 Å². The average Bonchev–Trinajstić information content (AvgIpc) is 2.64. The van der Waals surface area contributed by atoms with Gasteiger partial charge in [0.2, 0.25) is 0 Å². The lowest BCUT2D eigenvalue weighted by atomic mass is 9.87. The van der Waals surface area contributed by atoms with Crippen molar-refractivity contribution in [3.8, 4) is 11.5 Å². The minimum atomic E-state index is -0.507. The van der Waals surface area contributed by atoms with E-state index in [-0.39, 0.29) is 11.3 Å². The van der Waals surface area contributed by atoms with Crippen LogP contribution in [0.15, 0.2) is 42.5 Å². The summed E-state index contributed by atoms with van der Waals surface area (Å²) in [5.41, 5.74) is 3.60. The van der Waals surface area contributed by atoms with Gasteiger partial charge < -0.3 is 14.8 Å². The summed E-state index contributed by atoms with van der Waals surface area (Å²) in [5.74, 6) is 1.44. The van der Waals surface area contributed by atoms with Crippen molar-refractivity contribution in [2.75, 3.05) is 13.2 Å². The van der Waals surface area contributed by atoms with Crippen molar-refractivity contribution < 1.29 is 14.3 Å². The molecule has 0 aliphatic heterocycles. The first kappa shape index (κ1) is 21.8. The lowest BCUT2D eigenvalue weighted by molar-refractivity contribution is -0.128. The van der Waals surface area contributed by atoms with E-state index in [1.54, 1.807) is 0 Å². The standard InChI is InChI=1S/C24H33NO3/c1-7-21(28-22-13-8-17(2)16-18(22)3)23(26)25-14-15-27-20-11-9-19(10-12-20)24(4,5)6/h8-13,16,21H,7,14-15H2,1-6H3,(H,25,26)/t21-/m1/s1. The van der Waals surface area contributed by atoms with E-state index in [2.05, 4.69) is 44.3 Å². The van der Waals surface area contributed by atoms with Crippen LogP contribution < -0.4 is 14.8 Å². The second-order valence-electron chi connectivity index (χ2n) is 8.20. The highest BCUT2D eigenvalue weighted by Crippen LogP contribution is 2.24. The first-order chi connectivity index (χ1) is 13.2. The Bertz CT molecular complexity index is 775. The van der Waals surface area contributed by atoms with Crippen LogP contribution in [-0.2, 0) is 10.2 Å². The molecule has 0 saturated heterocycles. The Kier molecular flexibility index (Phi) is 7.50. The zero-order valence-electron chi connectivity index (χ0n) is 18.0. The van der Waals surface area contributed by atoms with Crippen LogP contribution in [0.3, 0.4) is 0 Å². The van der Waals surface area contributed by atoms with Crippen LogP contribution in [-0.4, -0.2) is 25.2 Å². The topological polar surface area (TPSA) is 47.6 Å². The first-order valence-electron chi connectivity index (χ1n) is 9.95. The van der Waals surface area contributed by atoms with Gasteiger partial charge in [-0.2, -0.15) is 0 Å². The maximum atomic E-state index is 12.4. The number of carbonyl (C=O) groups excluding carboxylic acids is 1.